The van der Waals surface area contributed by atoms with Gasteiger partial charge < -0.3 is 5.73 Å². The third-order valence-electron chi connectivity index (χ3n) is 3.40. The van der Waals surface area contributed by atoms with E-state index in [0.717, 1.165) is 22.3 Å². The van der Waals surface area contributed by atoms with Crippen molar-refractivity contribution >= 4 is 33.8 Å². The fourth-order valence-electron chi connectivity index (χ4n) is 2.20. The van der Waals surface area contributed by atoms with Gasteiger partial charge in [-0.15, -0.1) is 0 Å². The molecule has 0 aliphatic carbocycles. The van der Waals surface area contributed by atoms with Crippen LogP contribution in [0.15, 0.2) is 42.6 Å². The van der Waals surface area contributed by atoms with E-state index < -0.39 is 10.8 Å². The SMILES string of the molecule is Cc1nc(NC(=O)c2ccc(N)c([N+](=O)[O-])c2)sc1-c1ccccn1. The number of benzene rings is 1. The van der Waals surface area contributed by atoms with Crippen molar-refractivity contribution in [2.24, 2.45) is 0 Å². The molecule has 25 heavy (non-hydrogen) atoms. The summed E-state index contributed by atoms with van der Waals surface area (Å²) in [6, 6.07) is 9.45. The molecule has 3 aromatic rings. The number of nitro benzene ring substituents is 1. The smallest absolute Gasteiger partial charge is 0.292 e. The highest BCUT2D eigenvalue weighted by molar-refractivity contribution is 7.19. The summed E-state index contributed by atoms with van der Waals surface area (Å²) in [6.07, 6.45) is 1.68. The van der Waals surface area contributed by atoms with Crippen LogP contribution in [-0.2, 0) is 0 Å². The van der Waals surface area contributed by atoms with Gasteiger partial charge in [0.25, 0.3) is 11.6 Å². The quantitative estimate of drug-likeness (QED) is 0.420. The van der Waals surface area contributed by atoms with E-state index in [1.807, 2.05) is 25.1 Å². The van der Waals surface area contributed by atoms with Gasteiger partial charge in [0.05, 0.1) is 21.2 Å². The average molecular weight is 355 g/mol. The van der Waals surface area contributed by atoms with Crippen molar-refractivity contribution in [2.75, 3.05) is 11.1 Å². The molecule has 1 amide bonds. The molecule has 0 spiro atoms. The molecule has 1 aromatic carbocycles. The van der Waals surface area contributed by atoms with Gasteiger partial charge in [0, 0.05) is 17.8 Å². The lowest BCUT2D eigenvalue weighted by Gasteiger charge is -2.03. The molecule has 0 saturated carbocycles. The van der Waals surface area contributed by atoms with Gasteiger partial charge in [-0.25, -0.2) is 4.98 Å². The number of thiazole rings is 1. The molecular weight excluding hydrogens is 342 g/mol. The number of nitro groups is 1. The van der Waals surface area contributed by atoms with Crippen molar-refractivity contribution in [1.29, 1.82) is 0 Å². The number of hydrogen-bond donors (Lipinski definition) is 2. The second-order valence-electron chi connectivity index (χ2n) is 5.13. The first-order valence-corrected chi connectivity index (χ1v) is 8.01. The Bertz CT molecular complexity index is 956. The molecule has 3 N–H and O–H groups in total. The number of aromatic nitrogens is 2. The first-order chi connectivity index (χ1) is 12.0. The van der Waals surface area contributed by atoms with Crippen molar-refractivity contribution in [3.63, 3.8) is 0 Å². The Kier molecular flexibility index (Phi) is 4.40. The van der Waals surface area contributed by atoms with Crippen LogP contribution in [0.5, 0.6) is 0 Å². The van der Waals surface area contributed by atoms with Crippen LogP contribution in [0.25, 0.3) is 10.6 Å². The second-order valence-corrected chi connectivity index (χ2v) is 6.13. The van der Waals surface area contributed by atoms with Crippen molar-refractivity contribution < 1.29 is 9.72 Å². The van der Waals surface area contributed by atoms with Gasteiger partial charge in [-0.05, 0) is 31.2 Å². The summed E-state index contributed by atoms with van der Waals surface area (Å²) in [4.78, 5) is 32.1. The maximum absolute atomic E-state index is 12.3. The zero-order chi connectivity index (χ0) is 18.0. The molecule has 9 heteroatoms. The van der Waals surface area contributed by atoms with Gasteiger partial charge in [-0.1, -0.05) is 17.4 Å². The second kappa shape index (κ2) is 6.65. The predicted octanol–water partition coefficient (Wildman–Crippen LogP) is 3.26. The predicted molar refractivity (Wildman–Crippen MR) is 95.5 cm³/mol. The normalized spacial score (nSPS) is 10.4. The zero-order valence-electron chi connectivity index (χ0n) is 13.1. The summed E-state index contributed by atoms with van der Waals surface area (Å²) in [6.45, 7) is 1.82. The lowest BCUT2D eigenvalue weighted by Crippen LogP contribution is -2.12. The Morgan fingerprint density at radius 1 is 1.32 bits per heavy atom. The summed E-state index contributed by atoms with van der Waals surface area (Å²) in [5, 5.41) is 14.0. The van der Waals surface area contributed by atoms with E-state index >= 15 is 0 Å². The van der Waals surface area contributed by atoms with Crippen LogP contribution in [-0.4, -0.2) is 20.8 Å². The Hall–Kier alpha value is -3.33. The first-order valence-electron chi connectivity index (χ1n) is 7.20. The highest BCUT2D eigenvalue weighted by atomic mass is 32.1. The van der Waals surface area contributed by atoms with E-state index in [2.05, 4.69) is 15.3 Å². The average Bonchev–Trinajstić information content (AvgIpc) is 2.96. The van der Waals surface area contributed by atoms with Gasteiger partial charge in [0.1, 0.15) is 5.69 Å². The fourth-order valence-corrected chi connectivity index (χ4v) is 3.14. The van der Waals surface area contributed by atoms with Crippen molar-refractivity contribution in [2.45, 2.75) is 6.92 Å². The van der Waals surface area contributed by atoms with Gasteiger partial charge in [-0.3, -0.25) is 25.2 Å². The van der Waals surface area contributed by atoms with Crippen LogP contribution in [0.4, 0.5) is 16.5 Å². The van der Waals surface area contributed by atoms with Crippen molar-refractivity contribution in [3.05, 3.63) is 64.0 Å². The van der Waals surface area contributed by atoms with Gasteiger partial charge in [-0.2, -0.15) is 0 Å². The Balaban J connectivity index is 1.85. The van der Waals surface area contributed by atoms with Crippen LogP contribution in [0.1, 0.15) is 16.1 Å². The molecular formula is C16H13N5O3S. The highest BCUT2D eigenvalue weighted by Gasteiger charge is 2.18. The number of carbonyl (C=O) groups excluding carboxylic acids is 1. The maximum atomic E-state index is 12.3. The molecule has 2 aromatic heterocycles. The Morgan fingerprint density at radius 2 is 2.12 bits per heavy atom. The summed E-state index contributed by atoms with van der Waals surface area (Å²) in [5.41, 5.74) is 6.87. The standard InChI is InChI=1S/C16H13N5O3S/c1-9-14(12-4-2-3-7-18-12)25-16(19-9)20-15(22)10-5-6-11(17)13(8-10)21(23)24/h2-8H,17H2,1H3,(H,19,20,22). The van der Waals surface area contributed by atoms with Gasteiger partial charge >= 0.3 is 0 Å². The third-order valence-corrected chi connectivity index (χ3v) is 4.50. The molecule has 0 fully saturated rings. The van der Waals surface area contributed by atoms with Crippen LogP contribution in [0.3, 0.4) is 0 Å². The highest BCUT2D eigenvalue weighted by Crippen LogP contribution is 2.31. The number of hydrogen-bond acceptors (Lipinski definition) is 7. The number of nitrogens with zero attached hydrogens (tertiary/aromatic N) is 3. The zero-order valence-corrected chi connectivity index (χ0v) is 13.9. The van der Waals surface area contributed by atoms with Gasteiger partial charge in [0.15, 0.2) is 5.13 Å². The van der Waals surface area contributed by atoms with E-state index in [4.69, 9.17) is 5.73 Å². The van der Waals surface area contributed by atoms with E-state index in [1.165, 1.54) is 23.5 Å². The molecule has 8 nitrogen and oxygen atoms in total. The van der Waals surface area contributed by atoms with Crippen molar-refractivity contribution in [3.8, 4) is 10.6 Å². The van der Waals surface area contributed by atoms with E-state index in [-0.39, 0.29) is 16.9 Å². The minimum atomic E-state index is -0.626. The first kappa shape index (κ1) is 16.5. The van der Waals surface area contributed by atoms with E-state index in [9.17, 15) is 14.9 Å². The van der Waals surface area contributed by atoms with Crippen molar-refractivity contribution in [1.82, 2.24) is 9.97 Å². The number of amides is 1. The number of pyridine rings is 1. The molecule has 126 valence electrons. The molecule has 0 saturated heterocycles. The van der Waals surface area contributed by atoms with E-state index in [0.29, 0.717) is 5.13 Å². The molecule has 0 aliphatic rings. The summed E-state index contributed by atoms with van der Waals surface area (Å²) in [7, 11) is 0. The number of nitrogens with two attached hydrogens (primary N) is 1. The number of carbonyl (C=O) groups is 1. The molecule has 0 atom stereocenters. The molecule has 0 unspecified atom stereocenters. The molecule has 2 heterocycles. The van der Waals surface area contributed by atoms with Crippen LogP contribution >= 0.6 is 11.3 Å². The number of nitrogen functional groups attached to an aromatic ring is 1. The van der Waals surface area contributed by atoms with Crippen LogP contribution < -0.4 is 11.1 Å². The van der Waals surface area contributed by atoms with Gasteiger partial charge in [0.2, 0.25) is 0 Å². The van der Waals surface area contributed by atoms with Crippen LogP contribution in [0, 0.1) is 17.0 Å². The molecule has 0 radical (unpaired) electrons. The number of aryl methyl sites for hydroxylation is 1. The number of rotatable bonds is 4. The maximum Gasteiger partial charge on any atom is 0.292 e. The molecule has 3 rings (SSSR count). The Morgan fingerprint density at radius 3 is 2.80 bits per heavy atom. The third kappa shape index (κ3) is 3.45. The number of nitrogens with one attached hydrogen (secondary N) is 1. The molecule has 0 bridgehead atoms. The van der Waals surface area contributed by atoms with Crippen LogP contribution in [0.2, 0.25) is 0 Å². The largest absolute Gasteiger partial charge is 0.393 e. The summed E-state index contributed by atoms with van der Waals surface area (Å²) >= 11 is 1.29. The minimum absolute atomic E-state index is 0.00378. The summed E-state index contributed by atoms with van der Waals surface area (Å²) < 4.78 is 0. The lowest BCUT2D eigenvalue weighted by molar-refractivity contribution is -0.383. The fraction of sp³-hybridized carbons (Fsp3) is 0.0625. The monoisotopic (exact) mass is 355 g/mol. The topological polar surface area (TPSA) is 124 Å². The Labute approximate surface area is 146 Å². The number of anilines is 2. The minimum Gasteiger partial charge on any atom is -0.393 e. The lowest BCUT2D eigenvalue weighted by atomic mass is 10.1. The summed E-state index contributed by atoms with van der Waals surface area (Å²) in [5.74, 6) is -0.496. The molecule has 0 aliphatic heterocycles. The van der Waals surface area contributed by atoms with E-state index in [1.54, 1.807) is 6.20 Å².